The number of nitrogens with zero attached hydrogens (tertiary/aromatic N) is 6. The minimum atomic E-state index is -0.0252. The standard InChI is InChI=1S/C38H46N8O/c1-7-10-27-12-9-11-26(8-2)36(27)42-25(4)35-31-15-13-28-22-40-38(44-37(28)34(31)24(3)41-35)43-32-16-14-30(21-33(32)47-6)46-19-17-29(18-20-46)45(5)23-39/h9,11-12,14,16,21-22,24,29,42H,4,7-8,10,13,15,17-20H2,1-3,5-6H3,(H,40,43,44). The summed E-state index contributed by atoms with van der Waals surface area (Å²) < 4.78 is 5.81. The molecule has 1 atom stereocenters. The fraction of sp³-hybridized carbons (Fsp3) is 0.421. The zero-order valence-electron chi connectivity index (χ0n) is 28.4. The number of hydrogen-bond donors (Lipinski definition) is 2. The summed E-state index contributed by atoms with van der Waals surface area (Å²) in [5.74, 6) is 1.26. The Balaban J connectivity index is 1.21. The Bertz CT molecular complexity index is 1760. The number of benzene rings is 2. The highest BCUT2D eigenvalue weighted by molar-refractivity contribution is 6.20. The second kappa shape index (κ2) is 13.9. The quantitative estimate of drug-likeness (QED) is 0.168. The van der Waals surface area contributed by atoms with Gasteiger partial charge < -0.3 is 25.2 Å². The molecule has 6 rings (SSSR count). The lowest BCUT2D eigenvalue weighted by molar-refractivity contribution is 0.288. The predicted molar refractivity (Wildman–Crippen MR) is 192 cm³/mol. The van der Waals surface area contributed by atoms with E-state index in [1.54, 1.807) is 12.0 Å². The first-order chi connectivity index (χ1) is 22.8. The van der Waals surface area contributed by atoms with Crippen molar-refractivity contribution in [1.82, 2.24) is 14.9 Å². The molecular weight excluding hydrogens is 584 g/mol. The Morgan fingerprint density at radius 3 is 2.66 bits per heavy atom. The van der Waals surface area contributed by atoms with Crippen molar-refractivity contribution < 1.29 is 4.74 Å². The molecule has 9 nitrogen and oxygen atoms in total. The number of fused-ring (bicyclic) bond motifs is 2. The maximum absolute atomic E-state index is 9.25. The maximum atomic E-state index is 9.25. The number of ether oxygens (including phenoxy) is 1. The van der Waals surface area contributed by atoms with Gasteiger partial charge in [0.15, 0.2) is 6.19 Å². The van der Waals surface area contributed by atoms with Gasteiger partial charge in [0.25, 0.3) is 0 Å². The van der Waals surface area contributed by atoms with Gasteiger partial charge in [-0.2, -0.15) is 5.26 Å². The first-order valence-corrected chi connectivity index (χ1v) is 16.9. The number of aryl methyl sites for hydroxylation is 3. The van der Waals surface area contributed by atoms with Crippen molar-refractivity contribution in [3.63, 3.8) is 0 Å². The number of rotatable bonds is 11. The van der Waals surface area contributed by atoms with Crippen molar-refractivity contribution in [3.8, 4) is 11.9 Å². The van der Waals surface area contributed by atoms with Gasteiger partial charge in [0, 0.05) is 55.4 Å². The van der Waals surface area contributed by atoms with Crippen LogP contribution in [-0.2, 0) is 19.3 Å². The van der Waals surface area contributed by atoms with Gasteiger partial charge in [0.1, 0.15) is 5.75 Å². The van der Waals surface area contributed by atoms with E-state index in [1.165, 1.54) is 28.0 Å². The molecule has 0 spiro atoms. The van der Waals surface area contributed by atoms with Gasteiger partial charge in [-0.1, -0.05) is 45.0 Å². The van der Waals surface area contributed by atoms with Crippen LogP contribution < -0.4 is 20.3 Å². The Labute approximate surface area is 279 Å². The van der Waals surface area contributed by atoms with E-state index < -0.39 is 0 Å². The average Bonchev–Trinajstić information content (AvgIpc) is 3.45. The molecule has 244 valence electrons. The molecule has 1 saturated heterocycles. The number of nitrogens with one attached hydrogen (secondary N) is 2. The van der Waals surface area contributed by atoms with E-state index in [1.807, 2.05) is 19.3 Å². The van der Waals surface area contributed by atoms with Crippen molar-refractivity contribution in [2.45, 2.75) is 77.8 Å². The highest BCUT2D eigenvalue weighted by Gasteiger charge is 2.33. The van der Waals surface area contributed by atoms with Crippen molar-refractivity contribution in [2.75, 3.05) is 42.8 Å². The molecule has 0 amide bonds. The molecule has 0 bridgehead atoms. The fourth-order valence-corrected chi connectivity index (χ4v) is 7.20. The fourth-order valence-electron chi connectivity index (χ4n) is 7.20. The van der Waals surface area contributed by atoms with Gasteiger partial charge in [-0.05, 0) is 79.8 Å². The SMILES string of the molecule is C=C(Nc1c(CC)cccc1CCC)C1=NC(C)C2=C1CCc1cnc(Nc3ccc(N4CCC(N(C)C#N)CC4)cc3OC)nc12. The molecule has 0 radical (unpaired) electrons. The number of aromatic nitrogens is 2. The van der Waals surface area contributed by atoms with Crippen LogP contribution in [0.4, 0.5) is 23.0 Å². The molecule has 1 aliphatic carbocycles. The van der Waals surface area contributed by atoms with Gasteiger partial charge in [-0.25, -0.2) is 9.97 Å². The monoisotopic (exact) mass is 630 g/mol. The number of nitriles is 1. The third-order valence-electron chi connectivity index (χ3n) is 9.78. The molecular formula is C38H46N8O. The zero-order valence-corrected chi connectivity index (χ0v) is 28.4. The van der Waals surface area contributed by atoms with E-state index in [4.69, 9.17) is 19.7 Å². The Morgan fingerprint density at radius 1 is 1.15 bits per heavy atom. The summed E-state index contributed by atoms with van der Waals surface area (Å²) in [6.45, 7) is 12.8. The minimum absolute atomic E-state index is 0.0252. The lowest BCUT2D eigenvalue weighted by atomic mass is 9.86. The Morgan fingerprint density at radius 2 is 1.94 bits per heavy atom. The summed E-state index contributed by atoms with van der Waals surface area (Å²) in [5, 5.41) is 16.4. The van der Waals surface area contributed by atoms with Crippen molar-refractivity contribution >= 4 is 34.3 Å². The summed E-state index contributed by atoms with van der Waals surface area (Å²) in [7, 11) is 3.56. The van der Waals surface area contributed by atoms with Crippen molar-refractivity contribution in [2.24, 2.45) is 4.99 Å². The van der Waals surface area contributed by atoms with Crippen LogP contribution in [0.15, 0.2) is 65.4 Å². The van der Waals surface area contributed by atoms with E-state index in [2.05, 4.69) is 79.4 Å². The second-order valence-corrected chi connectivity index (χ2v) is 12.7. The number of aliphatic imine (C=N–C) groups is 1. The van der Waals surface area contributed by atoms with Gasteiger partial charge in [-0.15, -0.1) is 0 Å². The highest BCUT2D eigenvalue weighted by atomic mass is 16.5. The average molecular weight is 631 g/mol. The van der Waals surface area contributed by atoms with Crippen LogP contribution in [0.5, 0.6) is 5.75 Å². The molecule has 2 aromatic carbocycles. The number of allylic oxidation sites excluding steroid dienone is 1. The Hall–Kier alpha value is -4.84. The van der Waals surface area contributed by atoms with Crippen LogP contribution >= 0.6 is 0 Å². The van der Waals surface area contributed by atoms with Gasteiger partial charge in [0.2, 0.25) is 5.95 Å². The molecule has 47 heavy (non-hydrogen) atoms. The minimum Gasteiger partial charge on any atom is -0.494 e. The summed E-state index contributed by atoms with van der Waals surface area (Å²) in [6, 6.07) is 13.0. The van der Waals surface area contributed by atoms with Crippen LogP contribution in [-0.4, -0.2) is 59.9 Å². The smallest absolute Gasteiger partial charge is 0.227 e. The van der Waals surface area contributed by atoms with Crippen LogP contribution in [0, 0.1) is 11.5 Å². The molecule has 0 saturated carbocycles. The number of hydrogen-bond acceptors (Lipinski definition) is 9. The predicted octanol–water partition coefficient (Wildman–Crippen LogP) is 7.29. The Kier molecular flexibility index (Phi) is 9.48. The molecule has 1 aromatic heterocycles. The van der Waals surface area contributed by atoms with E-state index in [0.717, 1.165) is 97.8 Å². The number of methoxy groups -OCH3 is 1. The number of para-hydroxylation sites is 1. The van der Waals surface area contributed by atoms with Gasteiger partial charge >= 0.3 is 0 Å². The van der Waals surface area contributed by atoms with Crippen LogP contribution in [0.3, 0.4) is 0 Å². The van der Waals surface area contributed by atoms with E-state index in [-0.39, 0.29) is 6.04 Å². The summed E-state index contributed by atoms with van der Waals surface area (Å²) >= 11 is 0. The van der Waals surface area contributed by atoms with Crippen LogP contribution in [0.25, 0.3) is 5.57 Å². The van der Waals surface area contributed by atoms with E-state index in [9.17, 15) is 5.26 Å². The molecule has 3 heterocycles. The molecule has 9 heteroatoms. The highest BCUT2D eigenvalue weighted by Crippen LogP contribution is 2.41. The van der Waals surface area contributed by atoms with Crippen LogP contribution in [0.1, 0.15) is 68.8 Å². The number of piperidine rings is 1. The second-order valence-electron chi connectivity index (χ2n) is 12.7. The first kappa shape index (κ1) is 32.1. The van der Waals surface area contributed by atoms with Gasteiger partial charge in [-0.3, -0.25) is 4.99 Å². The molecule has 2 N–H and O–H groups in total. The summed E-state index contributed by atoms with van der Waals surface area (Å²) in [5.41, 5.74) is 12.0. The van der Waals surface area contributed by atoms with Crippen molar-refractivity contribution in [1.29, 1.82) is 5.26 Å². The summed E-state index contributed by atoms with van der Waals surface area (Å²) in [4.78, 5) is 19.0. The maximum Gasteiger partial charge on any atom is 0.227 e. The third-order valence-corrected chi connectivity index (χ3v) is 9.78. The lowest BCUT2D eigenvalue weighted by Crippen LogP contribution is -2.41. The molecule has 3 aliphatic rings. The molecule has 1 fully saturated rings. The van der Waals surface area contributed by atoms with Crippen molar-refractivity contribution in [3.05, 3.63) is 82.8 Å². The summed E-state index contributed by atoms with van der Waals surface area (Å²) in [6.07, 6.45) is 10.9. The van der Waals surface area contributed by atoms with Crippen LogP contribution in [0.2, 0.25) is 0 Å². The molecule has 2 aliphatic heterocycles. The molecule has 3 aromatic rings. The van der Waals surface area contributed by atoms with E-state index >= 15 is 0 Å². The largest absolute Gasteiger partial charge is 0.494 e. The number of anilines is 4. The topological polar surface area (TPSA) is 102 Å². The molecule has 1 unspecified atom stereocenters. The zero-order chi connectivity index (χ0) is 33.1. The lowest BCUT2D eigenvalue weighted by Gasteiger charge is -2.36. The first-order valence-electron chi connectivity index (χ1n) is 16.9. The third kappa shape index (κ3) is 6.42. The normalized spacial score (nSPS) is 17.4. The van der Waals surface area contributed by atoms with E-state index in [0.29, 0.717) is 12.0 Å². The van der Waals surface area contributed by atoms with Gasteiger partial charge in [0.05, 0.1) is 35.9 Å².